The Bertz CT molecular complexity index is 372. The molecule has 0 saturated heterocycles. The molecule has 1 aliphatic rings. The fourth-order valence-corrected chi connectivity index (χ4v) is 2.20. The van der Waals surface area contributed by atoms with Crippen LogP contribution in [0.1, 0.15) is 12.0 Å². The molecule has 0 N–H and O–H groups in total. The number of alkyl halides is 1. The summed E-state index contributed by atoms with van der Waals surface area (Å²) in [6.45, 7) is 2.92. The van der Waals surface area contributed by atoms with Crippen molar-refractivity contribution in [1.29, 1.82) is 0 Å². The molecule has 0 aliphatic carbocycles. The van der Waals surface area contributed by atoms with E-state index >= 15 is 0 Å². The number of hydrogen-bond acceptors (Lipinski definition) is 1. The Morgan fingerprint density at radius 1 is 1.25 bits per heavy atom. The molecular weight excluding hydrogens is 225 g/mol. The lowest BCUT2D eigenvalue weighted by Gasteiger charge is -2.25. The van der Waals surface area contributed by atoms with Crippen molar-refractivity contribution in [2.45, 2.75) is 6.42 Å². The van der Waals surface area contributed by atoms with Crippen LogP contribution in [0.2, 0.25) is 0 Å². The topological polar surface area (TPSA) is 3.24 Å². The number of hydrogen-bond donors (Lipinski definition) is 0. The second-order valence-corrected chi connectivity index (χ2v) is 4.35. The van der Waals surface area contributed by atoms with E-state index in [1.807, 2.05) is 12.1 Å². The molecule has 0 fully saturated rings. The van der Waals surface area contributed by atoms with E-state index in [0.29, 0.717) is 5.88 Å². The zero-order valence-electron chi connectivity index (χ0n) is 9.13. The molecule has 0 saturated carbocycles. The van der Waals surface area contributed by atoms with Gasteiger partial charge < -0.3 is 0 Å². The van der Waals surface area contributed by atoms with Gasteiger partial charge >= 0.3 is 0 Å². The lowest BCUT2D eigenvalue weighted by atomic mass is 9.99. The summed E-state index contributed by atoms with van der Waals surface area (Å²) in [7, 11) is 0. The van der Waals surface area contributed by atoms with Gasteiger partial charge in [-0.2, -0.15) is 0 Å². The van der Waals surface area contributed by atoms with Gasteiger partial charge in [-0.15, -0.1) is 11.6 Å². The lowest BCUT2D eigenvalue weighted by molar-refractivity contribution is 0.320. The molecule has 16 heavy (non-hydrogen) atoms. The molecule has 1 heterocycles. The summed E-state index contributed by atoms with van der Waals surface area (Å²) in [5.41, 5.74) is 2.44. The second-order valence-electron chi connectivity index (χ2n) is 3.98. The average Bonchev–Trinajstić information content (AvgIpc) is 2.32. The van der Waals surface area contributed by atoms with E-state index in [1.165, 1.54) is 17.7 Å². The van der Waals surface area contributed by atoms with Crippen molar-refractivity contribution in [3.63, 3.8) is 0 Å². The molecule has 0 spiro atoms. The second kappa shape index (κ2) is 5.46. The first-order valence-corrected chi connectivity index (χ1v) is 6.06. The smallest absolute Gasteiger partial charge is 0.123 e. The van der Waals surface area contributed by atoms with Gasteiger partial charge in [0.1, 0.15) is 5.82 Å². The molecule has 0 amide bonds. The molecular formula is C13H15ClFN. The van der Waals surface area contributed by atoms with E-state index in [4.69, 9.17) is 11.6 Å². The first-order valence-electron chi connectivity index (χ1n) is 5.53. The van der Waals surface area contributed by atoms with Crippen molar-refractivity contribution in [2.24, 2.45) is 0 Å². The van der Waals surface area contributed by atoms with Gasteiger partial charge in [-0.1, -0.05) is 18.2 Å². The highest BCUT2D eigenvalue weighted by atomic mass is 35.5. The first kappa shape index (κ1) is 11.6. The highest BCUT2D eigenvalue weighted by Gasteiger charge is 2.11. The Morgan fingerprint density at radius 2 is 2.00 bits per heavy atom. The molecule has 2 rings (SSSR count). The molecule has 0 bridgehead atoms. The van der Waals surface area contributed by atoms with E-state index in [1.54, 1.807) is 0 Å². The third-order valence-corrected chi connectivity index (χ3v) is 3.08. The molecule has 1 aliphatic heterocycles. The standard InChI is InChI=1S/C13H15ClFN/c14-7-10-16-8-5-12(6-9-16)11-1-3-13(15)4-2-11/h1-5H,6-10H2. The van der Waals surface area contributed by atoms with E-state index < -0.39 is 0 Å². The molecule has 1 aromatic carbocycles. The zero-order chi connectivity index (χ0) is 11.4. The van der Waals surface area contributed by atoms with Gasteiger partial charge in [0.2, 0.25) is 0 Å². The first-order chi connectivity index (χ1) is 7.79. The van der Waals surface area contributed by atoms with Crippen LogP contribution in [0.3, 0.4) is 0 Å². The monoisotopic (exact) mass is 239 g/mol. The van der Waals surface area contributed by atoms with Crippen molar-refractivity contribution in [3.8, 4) is 0 Å². The highest BCUT2D eigenvalue weighted by molar-refractivity contribution is 6.18. The Hall–Kier alpha value is -0.860. The van der Waals surface area contributed by atoms with E-state index in [-0.39, 0.29) is 5.82 Å². The van der Waals surface area contributed by atoms with Crippen molar-refractivity contribution >= 4 is 17.2 Å². The molecule has 0 unspecified atom stereocenters. The van der Waals surface area contributed by atoms with Gasteiger partial charge in [0.05, 0.1) is 0 Å². The Balaban J connectivity index is 2.04. The maximum Gasteiger partial charge on any atom is 0.123 e. The molecule has 0 atom stereocenters. The molecule has 0 radical (unpaired) electrons. The van der Waals surface area contributed by atoms with Crippen LogP contribution in [0.15, 0.2) is 30.3 Å². The van der Waals surface area contributed by atoms with Crippen LogP contribution in [0.5, 0.6) is 0 Å². The summed E-state index contributed by atoms with van der Waals surface area (Å²) in [4.78, 5) is 2.32. The summed E-state index contributed by atoms with van der Waals surface area (Å²) < 4.78 is 12.8. The Labute approximate surface area is 101 Å². The molecule has 1 aromatic rings. The minimum atomic E-state index is -0.177. The van der Waals surface area contributed by atoms with Crippen molar-refractivity contribution in [1.82, 2.24) is 4.90 Å². The maximum atomic E-state index is 12.8. The lowest BCUT2D eigenvalue weighted by Crippen LogP contribution is -2.30. The number of rotatable bonds is 3. The largest absolute Gasteiger partial charge is 0.298 e. The summed E-state index contributed by atoms with van der Waals surface area (Å²) in [5.74, 6) is 0.503. The minimum Gasteiger partial charge on any atom is -0.298 e. The van der Waals surface area contributed by atoms with Gasteiger partial charge in [0.25, 0.3) is 0 Å². The predicted molar refractivity (Wildman–Crippen MR) is 66.2 cm³/mol. The van der Waals surface area contributed by atoms with Crippen LogP contribution in [-0.4, -0.2) is 30.4 Å². The predicted octanol–water partition coefficient (Wildman–Crippen LogP) is 3.15. The van der Waals surface area contributed by atoms with Crippen LogP contribution in [0, 0.1) is 5.82 Å². The fourth-order valence-electron chi connectivity index (χ4n) is 1.96. The van der Waals surface area contributed by atoms with Crippen molar-refractivity contribution in [2.75, 3.05) is 25.5 Å². The van der Waals surface area contributed by atoms with Gasteiger partial charge in [-0.25, -0.2) is 4.39 Å². The van der Waals surface area contributed by atoms with Gasteiger partial charge in [0, 0.05) is 25.5 Å². The summed E-state index contributed by atoms with van der Waals surface area (Å²) >= 11 is 5.70. The van der Waals surface area contributed by atoms with E-state index in [0.717, 1.165) is 31.6 Å². The summed E-state index contributed by atoms with van der Waals surface area (Å²) in [6, 6.07) is 6.72. The minimum absolute atomic E-state index is 0.177. The third kappa shape index (κ3) is 2.83. The Kier molecular flexibility index (Phi) is 3.97. The highest BCUT2D eigenvalue weighted by Crippen LogP contribution is 2.22. The zero-order valence-corrected chi connectivity index (χ0v) is 9.88. The van der Waals surface area contributed by atoms with Crippen LogP contribution in [-0.2, 0) is 0 Å². The molecule has 0 aromatic heterocycles. The van der Waals surface area contributed by atoms with Crippen molar-refractivity contribution in [3.05, 3.63) is 41.7 Å². The summed E-state index contributed by atoms with van der Waals surface area (Å²) in [6.07, 6.45) is 3.23. The SMILES string of the molecule is Fc1ccc(C2=CCN(CCCl)CC2)cc1. The van der Waals surface area contributed by atoms with Crippen molar-refractivity contribution < 1.29 is 4.39 Å². The number of nitrogens with zero attached hydrogens (tertiary/aromatic N) is 1. The van der Waals surface area contributed by atoms with Crippen LogP contribution in [0.25, 0.3) is 5.57 Å². The third-order valence-electron chi connectivity index (χ3n) is 2.91. The van der Waals surface area contributed by atoms with E-state index in [9.17, 15) is 4.39 Å². The molecule has 3 heteroatoms. The average molecular weight is 240 g/mol. The van der Waals surface area contributed by atoms with Crippen LogP contribution >= 0.6 is 11.6 Å². The van der Waals surface area contributed by atoms with Gasteiger partial charge in [-0.3, -0.25) is 4.90 Å². The van der Waals surface area contributed by atoms with Gasteiger partial charge in [-0.05, 0) is 29.7 Å². The van der Waals surface area contributed by atoms with Gasteiger partial charge in [0.15, 0.2) is 0 Å². The molecule has 1 nitrogen and oxygen atoms in total. The summed E-state index contributed by atoms with van der Waals surface area (Å²) in [5, 5.41) is 0. The normalized spacial score (nSPS) is 17.2. The number of benzene rings is 1. The number of halogens is 2. The maximum absolute atomic E-state index is 12.8. The van der Waals surface area contributed by atoms with Crippen LogP contribution in [0.4, 0.5) is 4.39 Å². The molecule has 86 valence electrons. The van der Waals surface area contributed by atoms with E-state index in [2.05, 4.69) is 11.0 Å². The Morgan fingerprint density at radius 3 is 2.56 bits per heavy atom. The quantitative estimate of drug-likeness (QED) is 0.733. The van der Waals surface area contributed by atoms with Crippen LogP contribution < -0.4 is 0 Å². The fraction of sp³-hybridized carbons (Fsp3) is 0.385.